The molecule has 1 fully saturated rings. The molecule has 0 N–H and O–H groups in total. The normalized spacial score (nSPS) is 15.8. The highest BCUT2D eigenvalue weighted by molar-refractivity contribution is 5.78. The fraction of sp³-hybridized carbons (Fsp3) is 0.650. The minimum atomic E-state index is 0.177. The number of benzene rings is 1. The van der Waals surface area contributed by atoms with Crippen LogP contribution in [0.1, 0.15) is 38.2 Å². The van der Waals surface area contributed by atoms with Gasteiger partial charge in [-0.3, -0.25) is 9.69 Å². The molecule has 1 aliphatic heterocycles. The number of amides is 1. The van der Waals surface area contributed by atoms with E-state index >= 15 is 0 Å². The molecule has 0 saturated carbocycles. The summed E-state index contributed by atoms with van der Waals surface area (Å²) in [6, 6.07) is 5.96. The number of ether oxygens (including phenoxy) is 2. The molecule has 25 heavy (non-hydrogen) atoms. The number of hydrogen-bond donors (Lipinski definition) is 0. The first-order valence-electron chi connectivity index (χ1n) is 9.27. The van der Waals surface area contributed by atoms with Gasteiger partial charge in [0.2, 0.25) is 5.91 Å². The molecule has 2 rings (SSSR count). The molecule has 0 bridgehead atoms. The quantitative estimate of drug-likeness (QED) is 0.724. The van der Waals surface area contributed by atoms with E-state index in [1.54, 1.807) is 14.2 Å². The molecule has 1 heterocycles. The van der Waals surface area contributed by atoms with Crippen LogP contribution in [0.4, 0.5) is 0 Å². The van der Waals surface area contributed by atoms with Gasteiger partial charge in [-0.05, 0) is 38.4 Å². The summed E-state index contributed by atoms with van der Waals surface area (Å²) in [5, 5.41) is 0. The second-order valence-electron chi connectivity index (χ2n) is 6.84. The molecule has 0 aliphatic carbocycles. The van der Waals surface area contributed by atoms with Crippen molar-refractivity contribution in [2.24, 2.45) is 5.92 Å². The van der Waals surface area contributed by atoms with E-state index in [0.29, 0.717) is 5.91 Å². The Morgan fingerprint density at radius 2 is 1.96 bits per heavy atom. The third-order valence-corrected chi connectivity index (χ3v) is 5.05. The van der Waals surface area contributed by atoms with Gasteiger partial charge in [-0.15, -0.1) is 0 Å². The van der Waals surface area contributed by atoms with E-state index < -0.39 is 0 Å². The second kappa shape index (κ2) is 9.66. The average molecular weight is 348 g/mol. The molecule has 1 aliphatic rings. The first kappa shape index (κ1) is 19.6. The van der Waals surface area contributed by atoms with Gasteiger partial charge in [-0.25, -0.2) is 0 Å². The first-order valence-corrected chi connectivity index (χ1v) is 9.27. The van der Waals surface area contributed by atoms with Crippen molar-refractivity contribution in [3.8, 4) is 11.5 Å². The first-order chi connectivity index (χ1) is 12.1. The van der Waals surface area contributed by atoms with E-state index in [1.807, 2.05) is 24.1 Å². The number of carbonyl (C=O) groups excluding carboxylic acids is 1. The van der Waals surface area contributed by atoms with Gasteiger partial charge in [-0.2, -0.15) is 0 Å². The van der Waals surface area contributed by atoms with Crippen LogP contribution in [-0.2, 0) is 11.3 Å². The molecule has 1 aromatic rings. The summed E-state index contributed by atoms with van der Waals surface area (Å²) in [4.78, 5) is 16.8. The zero-order valence-corrected chi connectivity index (χ0v) is 16.1. The van der Waals surface area contributed by atoms with E-state index in [-0.39, 0.29) is 5.92 Å². The molecule has 1 aromatic carbocycles. The van der Waals surface area contributed by atoms with Crippen LogP contribution in [0.25, 0.3) is 0 Å². The van der Waals surface area contributed by atoms with Crippen LogP contribution in [0.3, 0.4) is 0 Å². The maximum Gasteiger partial charge on any atom is 0.225 e. The van der Waals surface area contributed by atoms with Crippen LogP contribution in [0.5, 0.6) is 11.5 Å². The number of rotatable bonds is 8. The molecule has 140 valence electrons. The summed E-state index contributed by atoms with van der Waals surface area (Å²) < 4.78 is 10.7. The van der Waals surface area contributed by atoms with Crippen molar-refractivity contribution >= 4 is 5.91 Å². The number of carbonyl (C=O) groups is 1. The summed E-state index contributed by atoms with van der Waals surface area (Å²) in [5.41, 5.74) is 1.16. The molecular weight excluding hydrogens is 316 g/mol. The molecule has 5 nitrogen and oxygen atoms in total. The lowest BCUT2D eigenvalue weighted by Crippen LogP contribution is -2.41. The van der Waals surface area contributed by atoms with Gasteiger partial charge in [0, 0.05) is 37.7 Å². The summed E-state index contributed by atoms with van der Waals surface area (Å²) in [6.45, 7) is 5.78. The largest absolute Gasteiger partial charge is 0.497 e. The predicted octanol–water partition coefficient (Wildman–Crippen LogP) is 3.17. The molecule has 0 aromatic heterocycles. The van der Waals surface area contributed by atoms with E-state index in [1.165, 1.54) is 0 Å². The van der Waals surface area contributed by atoms with Crippen LogP contribution >= 0.6 is 0 Å². The monoisotopic (exact) mass is 348 g/mol. The van der Waals surface area contributed by atoms with Crippen molar-refractivity contribution in [2.45, 2.75) is 39.2 Å². The van der Waals surface area contributed by atoms with Crippen molar-refractivity contribution in [3.05, 3.63) is 23.8 Å². The van der Waals surface area contributed by atoms with Crippen LogP contribution < -0.4 is 9.47 Å². The van der Waals surface area contributed by atoms with E-state index in [4.69, 9.17) is 9.47 Å². The zero-order chi connectivity index (χ0) is 18.2. The molecule has 0 atom stereocenters. The Hall–Kier alpha value is -1.75. The zero-order valence-electron chi connectivity index (χ0n) is 16.1. The number of unbranched alkanes of at least 4 members (excludes halogenated alkanes) is 1. The van der Waals surface area contributed by atoms with Gasteiger partial charge < -0.3 is 14.4 Å². The molecule has 1 saturated heterocycles. The lowest BCUT2D eigenvalue weighted by molar-refractivity contribution is -0.135. The summed E-state index contributed by atoms with van der Waals surface area (Å²) in [7, 11) is 5.29. The van der Waals surface area contributed by atoms with Crippen molar-refractivity contribution in [1.29, 1.82) is 0 Å². The lowest BCUT2D eigenvalue weighted by atomic mass is 9.95. The third-order valence-electron chi connectivity index (χ3n) is 5.05. The smallest absolute Gasteiger partial charge is 0.225 e. The Balaban J connectivity index is 1.87. The van der Waals surface area contributed by atoms with E-state index in [2.05, 4.69) is 17.9 Å². The minimum absolute atomic E-state index is 0.177. The number of piperidine rings is 1. The highest BCUT2D eigenvalue weighted by Gasteiger charge is 2.27. The molecular formula is C20H32N2O3. The van der Waals surface area contributed by atoms with Gasteiger partial charge in [-0.1, -0.05) is 19.4 Å². The van der Waals surface area contributed by atoms with Crippen LogP contribution in [0.15, 0.2) is 18.2 Å². The van der Waals surface area contributed by atoms with Crippen LogP contribution in [-0.4, -0.2) is 56.6 Å². The Morgan fingerprint density at radius 3 is 2.56 bits per heavy atom. The van der Waals surface area contributed by atoms with E-state index in [0.717, 1.165) is 68.9 Å². The fourth-order valence-electron chi connectivity index (χ4n) is 3.38. The predicted molar refractivity (Wildman–Crippen MR) is 100 cm³/mol. The standard InChI is InChI=1S/C20H32N2O3/c1-5-6-11-21(2)20(23)16-9-12-22(13-10-16)15-17-7-8-18(24-3)14-19(17)25-4/h7-8,14,16H,5-6,9-13,15H2,1-4H3. The van der Waals surface area contributed by atoms with Crippen molar-refractivity contribution < 1.29 is 14.3 Å². The molecule has 5 heteroatoms. The van der Waals surface area contributed by atoms with Gasteiger partial charge in [0.05, 0.1) is 14.2 Å². The SMILES string of the molecule is CCCCN(C)C(=O)C1CCN(Cc2ccc(OC)cc2OC)CC1. The summed E-state index contributed by atoms with van der Waals surface area (Å²) in [5.74, 6) is 2.16. The molecule has 1 amide bonds. The average Bonchev–Trinajstić information content (AvgIpc) is 2.66. The second-order valence-corrected chi connectivity index (χ2v) is 6.84. The van der Waals surface area contributed by atoms with Gasteiger partial charge in [0.15, 0.2) is 0 Å². The maximum atomic E-state index is 12.5. The molecule has 0 radical (unpaired) electrons. The Labute approximate surface area is 151 Å². The number of methoxy groups -OCH3 is 2. The number of likely N-dealkylation sites (tertiary alicyclic amines) is 1. The Morgan fingerprint density at radius 1 is 1.24 bits per heavy atom. The minimum Gasteiger partial charge on any atom is -0.497 e. The highest BCUT2D eigenvalue weighted by Crippen LogP contribution is 2.27. The Kier molecular flexibility index (Phi) is 7.56. The van der Waals surface area contributed by atoms with E-state index in [9.17, 15) is 4.79 Å². The molecule has 0 spiro atoms. The highest BCUT2D eigenvalue weighted by atomic mass is 16.5. The molecule has 0 unspecified atom stereocenters. The van der Waals surface area contributed by atoms with Crippen molar-refractivity contribution in [2.75, 3.05) is 40.9 Å². The maximum absolute atomic E-state index is 12.5. The van der Waals surface area contributed by atoms with Gasteiger partial charge in [0.25, 0.3) is 0 Å². The Bertz CT molecular complexity index is 554. The number of nitrogens with zero attached hydrogens (tertiary/aromatic N) is 2. The third kappa shape index (κ3) is 5.36. The van der Waals surface area contributed by atoms with Crippen LogP contribution in [0.2, 0.25) is 0 Å². The fourth-order valence-corrected chi connectivity index (χ4v) is 3.38. The van der Waals surface area contributed by atoms with Gasteiger partial charge >= 0.3 is 0 Å². The topological polar surface area (TPSA) is 42.0 Å². The lowest BCUT2D eigenvalue weighted by Gasteiger charge is -2.33. The number of hydrogen-bond acceptors (Lipinski definition) is 4. The van der Waals surface area contributed by atoms with Gasteiger partial charge in [0.1, 0.15) is 11.5 Å². The van der Waals surface area contributed by atoms with Crippen molar-refractivity contribution in [3.63, 3.8) is 0 Å². The summed E-state index contributed by atoms with van der Waals surface area (Å²) >= 11 is 0. The van der Waals surface area contributed by atoms with Crippen molar-refractivity contribution in [1.82, 2.24) is 9.80 Å². The van der Waals surface area contributed by atoms with Crippen LogP contribution in [0, 0.1) is 5.92 Å². The summed E-state index contributed by atoms with van der Waals surface area (Å²) in [6.07, 6.45) is 4.08.